The number of oxime groups is 1. The molecule has 1 rings (SSSR count). The first-order valence-electron chi connectivity index (χ1n) is 6.59. The predicted octanol–water partition coefficient (Wildman–Crippen LogP) is 1.07. The van der Waals surface area contributed by atoms with Crippen molar-refractivity contribution in [3.8, 4) is 0 Å². The number of sulfonamides is 1. The van der Waals surface area contributed by atoms with Gasteiger partial charge in [0, 0.05) is 19.5 Å². The number of aryl methyl sites for hydroxylation is 2. The fraction of sp³-hybridized carbons (Fsp3) is 0.667. The van der Waals surface area contributed by atoms with Gasteiger partial charge in [-0.25, -0.2) is 8.42 Å². The molecule has 8 nitrogen and oxygen atoms in total. The van der Waals surface area contributed by atoms with E-state index in [4.69, 9.17) is 15.5 Å². The summed E-state index contributed by atoms with van der Waals surface area (Å²) in [5.74, 6) is 0.371. The normalized spacial score (nSPS) is 13.3. The van der Waals surface area contributed by atoms with Crippen molar-refractivity contribution < 1.29 is 18.1 Å². The molecule has 0 bridgehead atoms. The number of hydrogen-bond acceptors (Lipinski definition) is 6. The van der Waals surface area contributed by atoms with Gasteiger partial charge in [-0.15, -0.1) is 0 Å². The number of rotatable bonds is 7. The average molecular weight is 318 g/mol. The maximum atomic E-state index is 12.8. The summed E-state index contributed by atoms with van der Waals surface area (Å²) >= 11 is 0. The Labute approximate surface area is 124 Å². The Hall–Kier alpha value is -1.61. The Morgan fingerprint density at radius 3 is 2.52 bits per heavy atom. The molecule has 0 radical (unpaired) electrons. The van der Waals surface area contributed by atoms with Crippen molar-refractivity contribution in [1.29, 1.82) is 0 Å². The molecule has 0 atom stereocenters. The second-order valence-corrected chi connectivity index (χ2v) is 7.13. The zero-order valence-corrected chi connectivity index (χ0v) is 13.5. The fourth-order valence-electron chi connectivity index (χ4n) is 1.98. The van der Waals surface area contributed by atoms with Gasteiger partial charge in [0.1, 0.15) is 16.4 Å². The Morgan fingerprint density at radius 1 is 1.48 bits per heavy atom. The van der Waals surface area contributed by atoms with Crippen molar-refractivity contribution in [3.05, 3.63) is 11.5 Å². The standard InChI is InChI=1S/C12H22N4O4S/c1-8(2)7-16(6-5-11(13)14-17)21(18,19)12-9(3)15-20-10(12)4/h8,17H,5-7H2,1-4H3,(H2,13,14). The largest absolute Gasteiger partial charge is 0.409 e. The molecule has 120 valence electrons. The van der Waals surface area contributed by atoms with E-state index in [-0.39, 0.29) is 35.4 Å². The van der Waals surface area contributed by atoms with E-state index < -0.39 is 10.0 Å². The minimum atomic E-state index is -3.73. The highest BCUT2D eigenvalue weighted by atomic mass is 32.2. The van der Waals surface area contributed by atoms with Gasteiger partial charge in [0.2, 0.25) is 10.0 Å². The Bertz CT molecular complexity index is 587. The Morgan fingerprint density at radius 2 is 2.10 bits per heavy atom. The van der Waals surface area contributed by atoms with Crippen LogP contribution in [-0.4, -0.2) is 42.0 Å². The van der Waals surface area contributed by atoms with Gasteiger partial charge in [-0.1, -0.05) is 24.2 Å². The third-order valence-electron chi connectivity index (χ3n) is 2.88. The predicted molar refractivity (Wildman–Crippen MR) is 77.6 cm³/mol. The third-order valence-corrected chi connectivity index (χ3v) is 4.99. The van der Waals surface area contributed by atoms with Crippen LogP contribution in [0.2, 0.25) is 0 Å². The summed E-state index contributed by atoms with van der Waals surface area (Å²) < 4.78 is 31.8. The third kappa shape index (κ3) is 4.18. The van der Waals surface area contributed by atoms with Crippen LogP contribution < -0.4 is 5.73 Å². The summed E-state index contributed by atoms with van der Waals surface area (Å²) in [6.45, 7) is 7.43. The summed E-state index contributed by atoms with van der Waals surface area (Å²) in [6.07, 6.45) is 0.145. The lowest BCUT2D eigenvalue weighted by Gasteiger charge is -2.23. The van der Waals surface area contributed by atoms with Crippen LogP contribution in [0.3, 0.4) is 0 Å². The first-order chi connectivity index (χ1) is 9.70. The number of amidine groups is 1. The van der Waals surface area contributed by atoms with Crippen molar-refractivity contribution >= 4 is 15.9 Å². The van der Waals surface area contributed by atoms with Crippen LogP contribution in [0.1, 0.15) is 31.7 Å². The highest BCUT2D eigenvalue weighted by Gasteiger charge is 2.31. The van der Waals surface area contributed by atoms with E-state index >= 15 is 0 Å². The molecule has 0 saturated heterocycles. The Balaban J connectivity index is 3.12. The summed E-state index contributed by atoms with van der Waals surface area (Å²) in [7, 11) is -3.73. The number of nitrogens with two attached hydrogens (primary N) is 1. The van der Waals surface area contributed by atoms with Crippen LogP contribution in [0.25, 0.3) is 0 Å². The lowest BCUT2D eigenvalue weighted by molar-refractivity contribution is 0.314. The van der Waals surface area contributed by atoms with Gasteiger partial charge in [-0.3, -0.25) is 0 Å². The van der Waals surface area contributed by atoms with E-state index in [9.17, 15) is 8.42 Å². The second-order valence-electron chi connectivity index (χ2n) is 5.25. The van der Waals surface area contributed by atoms with E-state index in [0.29, 0.717) is 12.2 Å². The van der Waals surface area contributed by atoms with E-state index in [1.165, 1.54) is 4.31 Å². The summed E-state index contributed by atoms with van der Waals surface area (Å²) in [4.78, 5) is 0.0858. The van der Waals surface area contributed by atoms with Gasteiger partial charge in [0.05, 0.1) is 0 Å². The molecular weight excluding hydrogens is 296 g/mol. The number of aromatic nitrogens is 1. The smallest absolute Gasteiger partial charge is 0.248 e. The number of nitrogens with zero attached hydrogens (tertiary/aromatic N) is 3. The zero-order chi connectivity index (χ0) is 16.2. The molecule has 0 aliphatic rings. The van der Waals surface area contributed by atoms with E-state index in [1.54, 1.807) is 13.8 Å². The molecule has 0 saturated carbocycles. The summed E-state index contributed by atoms with van der Waals surface area (Å²) in [5, 5.41) is 15.1. The quantitative estimate of drug-likeness (QED) is 0.336. The Kier molecular flexibility index (Phi) is 5.73. The molecule has 3 N–H and O–H groups in total. The van der Waals surface area contributed by atoms with Gasteiger partial charge in [0.25, 0.3) is 0 Å². The first kappa shape index (κ1) is 17.4. The minimum absolute atomic E-state index is 0.0160. The molecule has 0 spiro atoms. The average Bonchev–Trinajstić information content (AvgIpc) is 2.73. The van der Waals surface area contributed by atoms with E-state index in [2.05, 4.69) is 10.3 Å². The molecule has 0 aliphatic carbocycles. The van der Waals surface area contributed by atoms with Crippen molar-refractivity contribution in [3.63, 3.8) is 0 Å². The van der Waals surface area contributed by atoms with Crippen LogP contribution in [0.5, 0.6) is 0 Å². The van der Waals surface area contributed by atoms with Crippen LogP contribution >= 0.6 is 0 Å². The second kappa shape index (κ2) is 6.90. The van der Waals surface area contributed by atoms with Gasteiger partial charge < -0.3 is 15.5 Å². The van der Waals surface area contributed by atoms with Crippen molar-refractivity contribution in [1.82, 2.24) is 9.46 Å². The number of hydrogen-bond donors (Lipinski definition) is 2. The molecule has 0 aromatic carbocycles. The summed E-state index contributed by atoms with van der Waals surface area (Å²) in [5.41, 5.74) is 5.75. The molecule has 1 aromatic heterocycles. The molecular formula is C12H22N4O4S. The first-order valence-corrected chi connectivity index (χ1v) is 8.03. The maximum Gasteiger partial charge on any atom is 0.248 e. The molecule has 9 heteroatoms. The molecule has 0 unspecified atom stereocenters. The SMILES string of the molecule is Cc1noc(C)c1S(=O)(=O)N(CCC(N)=NO)CC(C)C. The molecule has 0 aliphatic heterocycles. The van der Waals surface area contributed by atoms with Crippen LogP contribution in [-0.2, 0) is 10.0 Å². The van der Waals surface area contributed by atoms with Crippen LogP contribution in [0.15, 0.2) is 14.6 Å². The summed E-state index contributed by atoms with van der Waals surface area (Å²) in [6, 6.07) is 0. The highest BCUT2D eigenvalue weighted by molar-refractivity contribution is 7.89. The fourth-order valence-corrected chi connectivity index (χ4v) is 3.87. The van der Waals surface area contributed by atoms with Crippen molar-refractivity contribution in [2.24, 2.45) is 16.8 Å². The maximum absolute atomic E-state index is 12.8. The van der Waals surface area contributed by atoms with Gasteiger partial charge >= 0.3 is 0 Å². The van der Waals surface area contributed by atoms with E-state index in [1.807, 2.05) is 13.8 Å². The van der Waals surface area contributed by atoms with Crippen molar-refractivity contribution in [2.45, 2.75) is 39.0 Å². The molecule has 0 amide bonds. The monoisotopic (exact) mass is 318 g/mol. The van der Waals surface area contributed by atoms with Gasteiger partial charge in [0.15, 0.2) is 5.76 Å². The molecule has 0 fully saturated rings. The topological polar surface area (TPSA) is 122 Å². The minimum Gasteiger partial charge on any atom is -0.409 e. The van der Waals surface area contributed by atoms with E-state index in [0.717, 1.165) is 0 Å². The zero-order valence-electron chi connectivity index (χ0n) is 12.7. The molecule has 1 heterocycles. The molecule has 1 aromatic rings. The van der Waals surface area contributed by atoms with Crippen LogP contribution in [0, 0.1) is 19.8 Å². The lowest BCUT2D eigenvalue weighted by Crippen LogP contribution is -2.37. The van der Waals surface area contributed by atoms with Gasteiger partial charge in [-0.2, -0.15) is 4.31 Å². The highest BCUT2D eigenvalue weighted by Crippen LogP contribution is 2.24. The van der Waals surface area contributed by atoms with Crippen LogP contribution in [0.4, 0.5) is 0 Å². The van der Waals surface area contributed by atoms with Gasteiger partial charge in [-0.05, 0) is 19.8 Å². The lowest BCUT2D eigenvalue weighted by atomic mass is 10.2. The van der Waals surface area contributed by atoms with Crippen molar-refractivity contribution in [2.75, 3.05) is 13.1 Å². The molecule has 21 heavy (non-hydrogen) atoms.